The zero-order valence-corrected chi connectivity index (χ0v) is 12.0. The summed E-state index contributed by atoms with van der Waals surface area (Å²) in [6, 6.07) is 0. The number of carbonyl (C=O) groups is 1. The lowest BCUT2D eigenvalue weighted by Crippen LogP contribution is -2.50. The summed E-state index contributed by atoms with van der Waals surface area (Å²) in [5.41, 5.74) is 4.16. The molecule has 0 aliphatic carbocycles. The minimum atomic E-state index is -3.41. The molecule has 1 rings (SSSR count). The van der Waals surface area contributed by atoms with Gasteiger partial charge in [0.05, 0.1) is 5.75 Å². The van der Waals surface area contributed by atoms with Gasteiger partial charge in [0.25, 0.3) is 0 Å². The Morgan fingerprint density at radius 3 is 2.39 bits per heavy atom. The maximum Gasteiger partial charge on any atom is 0.325 e. The van der Waals surface area contributed by atoms with Gasteiger partial charge in [-0.3, -0.25) is 4.79 Å². The van der Waals surface area contributed by atoms with Crippen LogP contribution in [0.2, 0.25) is 0 Å². The van der Waals surface area contributed by atoms with E-state index >= 15 is 0 Å². The Hall–Kier alpha value is -0.660. The van der Waals surface area contributed by atoms with E-state index in [9.17, 15) is 13.2 Å². The Balaban J connectivity index is 2.69. The van der Waals surface area contributed by atoms with Crippen LogP contribution < -0.4 is 5.73 Å². The molecule has 3 N–H and O–H groups in total. The predicted octanol–water partition coefficient (Wildman–Crippen LogP) is 0.240. The van der Waals surface area contributed by atoms with Crippen LogP contribution in [0, 0.1) is 5.41 Å². The molecule has 1 saturated heterocycles. The Morgan fingerprint density at radius 1 is 1.44 bits per heavy atom. The first-order valence-corrected chi connectivity index (χ1v) is 7.57. The van der Waals surface area contributed by atoms with Gasteiger partial charge in [-0.25, -0.2) is 8.42 Å². The van der Waals surface area contributed by atoms with E-state index in [0.717, 1.165) is 0 Å². The molecule has 6 nitrogen and oxygen atoms in total. The van der Waals surface area contributed by atoms with Gasteiger partial charge in [-0.05, 0) is 18.3 Å². The fourth-order valence-electron chi connectivity index (χ4n) is 1.77. The number of sulfonamides is 1. The fourth-order valence-corrected chi connectivity index (χ4v) is 3.70. The largest absolute Gasteiger partial charge is 0.480 e. The normalized spacial score (nSPS) is 26.4. The van der Waals surface area contributed by atoms with Crippen LogP contribution in [0.25, 0.3) is 0 Å². The number of hydrogen-bond acceptors (Lipinski definition) is 4. The molecule has 1 atom stereocenters. The molecule has 0 aromatic heterocycles. The average Bonchev–Trinajstić information content (AvgIpc) is 2.59. The van der Waals surface area contributed by atoms with Gasteiger partial charge >= 0.3 is 5.97 Å². The molecular weight excluding hydrogens is 256 g/mol. The number of nitrogens with two attached hydrogens (primary N) is 1. The molecule has 0 amide bonds. The van der Waals surface area contributed by atoms with Crippen LogP contribution in [0.4, 0.5) is 0 Å². The van der Waals surface area contributed by atoms with Gasteiger partial charge in [0, 0.05) is 13.1 Å². The van der Waals surface area contributed by atoms with Crippen molar-refractivity contribution in [3.63, 3.8) is 0 Å². The van der Waals surface area contributed by atoms with Crippen molar-refractivity contribution in [1.82, 2.24) is 4.31 Å². The van der Waals surface area contributed by atoms with E-state index in [2.05, 4.69) is 0 Å². The summed E-state index contributed by atoms with van der Waals surface area (Å²) in [4.78, 5) is 11.0. The monoisotopic (exact) mass is 278 g/mol. The second-order valence-electron chi connectivity index (χ2n) is 6.17. The molecule has 0 bridgehead atoms. The van der Waals surface area contributed by atoms with Crippen LogP contribution >= 0.6 is 0 Å². The summed E-state index contributed by atoms with van der Waals surface area (Å²) in [5, 5.41) is 8.97. The highest BCUT2D eigenvalue weighted by molar-refractivity contribution is 7.89. The van der Waals surface area contributed by atoms with Crippen LogP contribution in [0.1, 0.15) is 33.6 Å². The number of rotatable bonds is 4. The van der Waals surface area contributed by atoms with Crippen LogP contribution in [0.15, 0.2) is 0 Å². The molecule has 18 heavy (non-hydrogen) atoms. The quantitative estimate of drug-likeness (QED) is 0.767. The third-order valence-electron chi connectivity index (χ3n) is 3.20. The van der Waals surface area contributed by atoms with Crippen molar-refractivity contribution in [3.05, 3.63) is 0 Å². The number of carboxylic acids is 1. The third kappa shape index (κ3) is 3.66. The van der Waals surface area contributed by atoms with Crippen molar-refractivity contribution >= 4 is 16.0 Å². The molecule has 106 valence electrons. The Labute approximate surface area is 108 Å². The second kappa shape index (κ2) is 4.79. The topological polar surface area (TPSA) is 101 Å². The van der Waals surface area contributed by atoms with Crippen LogP contribution in [0.5, 0.6) is 0 Å². The van der Waals surface area contributed by atoms with Crippen LogP contribution in [-0.2, 0) is 14.8 Å². The predicted molar refractivity (Wildman–Crippen MR) is 68.6 cm³/mol. The average molecular weight is 278 g/mol. The lowest BCUT2D eigenvalue weighted by Gasteiger charge is -2.22. The molecule has 0 saturated carbocycles. The van der Waals surface area contributed by atoms with E-state index in [1.807, 2.05) is 20.8 Å². The highest BCUT2D eigenvalue weighted by Gasteiger charge is 2.45. The number of nitrogens with zero attached hydrogens (tertiary/aromatic N) is 1. The summed E-state index contributed by atoms with van der Waals surface area (Å²) in [7, 11) is -3.41. The van der Waals surface area contributed by atoms with E-state index < -0.39 is 21.5 Å². The van der Waals surface area contributed by atoms with Gasteiger partial charge < -0.3 is 10.8 Å². The third-order valence-corrected chi connectivity index (χ3v) is 5.01. The van der Waals surface area contributed by atoms with Gasteiger partial charge in [-0.1, -0.05) is 20.8 Å². The highest BCUT2D eigenvalue weighted by Crippen LogP contribution is 2.25. The van der Waals surface area contributed by atoms with E-state index in [4.69, 9.17) is 10.8 Å². The molecule has 0 spiro atoms. The lowest BCUT2D eigenvalue weighted by atomic mass is 9.94. The van der Waals surface area contributed by atoms with E-state index in [1.54, 1.807) is 0 Å². The molecule has 7 heteroatoms. The van der Waals surface area contributed by atoms with Crippen molar-refractivity contribution in [3.8, 4) is 0 Å². The molecule has 1 aliphatic rings. The maximum atomic E-state index is 12.1. The zero-order chi connectivity index (χ0) is 14.2. The first-order valence-electron chi connectivity index (χ1n) is 5.96. The smallest absolute Gasteiger partial charge is 0.325 e. The second-order valence-corrected chi connectivity index (χ2v) is 8.26. The summed E-state index contributed by atoms with van der Waals surface area (Å²) in [5.74, 6) is -1.11. The van der Waals surface area contributed by atoms with Crippen LogP contribution in [0.3, 0.4) is 0 Å². The highest BCUT2D eigenvalue weighted by atomic mass is 32.2. The van der Waals surface area contributed by atoms with Crippen LogP contribution in [-0.4, -0.2) is 48.2 Å². The van der Waals surface area contributed by atoms with Gasteiger partial charge in [0.1, 0.15) is 5.54 Å². The molecule has 1 unspecified atom stereocenters. The number of carboxylic acid groups (broad SMARTS) is 1. The van der Waals surface area contributed by atoms with Crippen molar-refractivity contribution in [2.45, 2.75) is 39.2 Å². The van der Waals surface area contributed by atoms with Gasteiger partial charge in [0.15, 0.2) is 0 Å². The van der Waals surface area contributed by atoms with Gasteiger partial charge in [0.2, 0.25) is 10.0 Å². The van der Waals surface area contributed by atoms with Gasteiger partial charge in [-0.2, -0.15) is 4.31 Å². The van der Waals surface area contributed by atoms with Gasteiger partial charge in [-0.15, -0.1) is 0 Å². The maximum absolute atomic E-state index is 12.1. The Bertz CT molecular complexity index is 427. The van der Waals surface area contributed by atoms with Crippen molar-refractivity contribution in [1.29, 1.82) is 0 Å². The summed E-state index contributed by atoms with van der Waals surface area (Å²) in [6.07, 6.45) is 0.702. The molecule has 0 aromatic rings. The minimum Gasteiger partial charge on any atom is -0.480 e. The first kappa shape index (κ1) is 15.4. The molecule has 0 aromatic carbocycles. The van der Waals surface area contributed by atoms with Crippen molar-refractivity contribution < 1.29 is 18.3 Å². The van der Waals surface area contributed by atoms with E-state index in [1.165, 1.54) is 4.31 Å². The van der Waals surface area contributed by atoms with Crippen molar-refractivity contribution in [2.75, 3.05) is 18.8 Å². The molecule has 0 radical (unpaired) electrons. The zero-order valence-electron chi connectivity index (χ0n) is 11.1. The number of aliphatic carboxylic acids is 1. The molecule has 1 aliphatic heterocycles. The fraction of sp³-hybridized carbons (Fsp3) is 0.909. The molecule has 1 fully saturated rings. The Morgan fingerprint density at radius 2 is 2.00 bits per heavy atom. The summed E-state index contributed by atoms with van der Waals surface area (Å²) in [6.45, 7) is 5.97. The SMILES string of the molecule is CC(C)(C)CCS(=O)(=O)N1CCC(N)(C(=O)O)C1. The van der Waals surface area contributed by atoms with E-state index in [-0.39, 0.29) is 30.7 Å². The number of hydrogen-bond donors (Lipinski definition) is 2. The summed E-state index contributed by atoms with van der Waals surface area (Å²) < 4.78 is 25.3. The lowest BCUT2D eigenvalue weighted by molar-refractivity contribution is -0.142. The molecule has 1 heterocycles. The standard InChI is InChI=1S/C11H22N2O4S/c1-10(2,3)5-7-18(16,17)13-6-4-11(12,8-13)9(14)15/h4-8,12H2,1-3H3,(H,14,15). The minimum absolute atomic E-state index is 0.0339. The molecular formula is C11H22N2O4S. The van der Waals surface area contributed by atoms with E-state index in [0.29, 0.717) is 6.42 Å². The Kier molecular flexibility index (Phi) is 4.10. The summed E-state index contributed by atoms with van der Waals surface area (Å²) >= 11 is 0. The first-order chi connectivity index (χ1) is 7.96. The van der Waals surface area contributed by atoms with Crippen molar-refractivity contribution in [2.24, 2.45) is 11.1 Å².